The minimum atomic E-state index is -1.16. The molecule has 84 valence electrons. The molecule has 5 heteroatoms. The van der Waals surface area contributed by atoms with Gasteiger partial charge in [0.2, 0.25) is 0 Å². The van der Waals surface area contributed by atoms with E-state index in [0.29, 0.717) is 10.8 Å². The fourth-order valence-corrected chi connectivity index (χ4v) is 2.44. The van der Waals surface area contributed by atoms with Gasteiger partial charge in [-0.25, -0.2) is 0 Å². The van der Waals surface area contributed by atoms with Crippen molar-refractivity contribution in [3.63, 3.8) is 0 Å². The van der Waals surface area contributed by atoms with Crippen molar-refractivity contribution < 1.29 is 14.8 Å². The predicted octanol–water partition coefficient (Wildman–Crippen LogP) is 0.942. The van der Waals surface area contributed by atoms with Crippen LogP contribution in [0.15, 0.2) is 24.3 Å². The first kappa shape index (κ1) is 12.8. The Morgan fingerprint density at radius 1 is 1.33 bits per heavy atom. The van der Waals surface area contributed by atoms with Gasteiger partial charge in [-0.3, -0.25) is 0 Å². The highest BCUT2D eigenvalue weighted by Crippen LogP contribution is 2.12. The van der Waals surface area contributed by atoms with Crippen molar-refractivity contribution >= 4 is 22.8 Å². The molecule has 2 atom stereocenters. The van der Waals surface area contributed by atoms with Crippen molar-refractivity contribution in [3.05, 3.63) is 34.9 Å². The topological polar surface area (TPSA) is 63.5 Å². The summed E-state index contributed by atoms with van der Waals surface area (Å²) in [5.41, 5.74) is 0.905. The normalized spacial score (nSPS) is 14.9. The first-order chi connectivity index (χ1) is 7.11. The van der Waals surface area contributed by atoms with Gasteiger partial charge < -0.3 is 14.8 Å². The van der Waals surface area contributed by atoms with Crippen molar-refractivity contribution in [1.82, 2.24) is 0 Å². The third-order valence-corrected chi connectivity index (χ3v) is 3.49. The number of hydrogen-bond acceptors (Lipinski definition) is 3. The quantitative estimate of drug-likeness (QED) is 0.763. The highest BCUT2D eigenvalue weighted by Gasteiger charge is 2.13. The predicted molar refractivity (Wildman–Crippen MR) is 61.3 cm³/mol. The fraction of sp³-hybridized carbons (Fsp3) is 0.400. The summed E-state index contributed by atoms with van der Waals surface area (Å²) in [5, 5.41) is 18.3. The zero-order valence-electron chi connectivity index (χ0n) is 8.10. The van der Waals surface area contributed by atoms with Gasteiger partial charge in [-0.1, -0.05) is 23.7 Å². The lowest BCUT2D eigenvalue weighted by molar-refractivity contribution is 0.112. The summed E-state index contributed by atoms with van der Waals surface area (Å²) in [6.07, 6.45) is -0.905. The van der Waals surface area contributed by atoms with Crippen molar-refractivity contribution in [1.29, 1.82) is 0 Å². The minimum absolute atomic E-state index is 0.0964. The molecule has 1 aromatic rings. The van der Waals surface area contributed by atoms with Crippen LogP contribution in [0.2, 0.25) is 5.02 Å². The standard InChI is InChI=1S/C10H13ClO3S/c11-9-3-1-8(2-4-9)6-15(14)7-10(13)5-12/h1-4,10,12-13H,5-7H2. The molecule has 3 nitrogen and oxygen atoms in total. The maximum Gasteiger partial charge on any atom is 0.134 e. The van der Waals surface area contributed by atoms with Crippen LogP contribution in [0.5, 0.6) is 0 Å². The van der Waals surface area contributed by atoms with E-state index in [9.17, 15) is 4.55 Å². The summed E-state index contributed by atoms with van der Waals surface area (Å²) < 4.78 is 11.5. The van der Waals surface area contributed by atoms with E-state index < -0.39 is 17.3 Å². The molecule has 15 heavy (non-hydrogen) atoms. The molecule has 0 amide bonds. The first-order valence-electron chi connectivity index (χ1n) is 4.50. The zero-order chi connectivity index (χ0) is 11.3. The summed E-state index contributed by atoms with van der Waals surface area (Å²) in [6, 6.07) is 7.06. The second-order valence-electron chi connectivity index (χ2n) is 3.21. The molecule has 2 N–H and O–H groups in total. The fourth-order valence-electron chi connectivity index (χ4n) is 1.09. The second-order valence-corrected chi connectivity index (χ2v) is 5.15. The minimum Gasteiger partial charge on any atom is -0.616 e. The lowest BCUT2D eigenvalue weighted by Gasteiger charge is -2.13. The molecule has 1 rings (SSSR count). The van der Waals surface area contributed by atoms with E-state index in [1.54, 1.807) is 24.3 Å². The van der Waals surface area contributed by atoms with Gasteiger partial charge in [-0.2, -0.15) is 0 Å². The first-order valence-corrected chi connectivity index (χ1v) is 6.36. The number of rotatable bonds is 5. The lowest BCUT2D eigenvalue weighted by atomic mass is 10.2. The van der Waals surface area contributed by atoms with Gasteiger partial charge in [-0.15, -0.1) is 0 Å². The molecular formula is C10H13ClO3S. The summed E-state index contributed by atoms with van der Waals surface area (Å²) in [6.45, 7) is -0.355. The third-order valence-electron chi connectivity index (χ3n) is 1.83. The number of aliphatic hydroxyl groups is 2. The smallest absolute Gasteiger partial charge is 0.134 e. The molecule has 0 fully saturated rings. The van der Waals surface area contributed by atoms with E-state index in [0.717, 1.165) is 5.56 Å². The van der Waals surface area contributed by atoms with Gasteiger partial charge in [0.25, 0.3) is 0 Å². The molecule has 0 spiro atoms. The van der Waals surface area contributed by atoms with Gasteiger partial charge >= 0.3 is 0 Å². The van der Waals surface area contributed by atoms with Gasteiger partial charge in [0.1, 0.15) is 17.6 Å². The Labute approximate surface area is 96.9 Å². The molecule has 0 radical (unpaired) electrons. The Balaban J connectivity index is 2.44. The van der Waals surface area contributed by atoms with E-state index in [4.69, 9.17) is 21.8 Å². The van der Waals surface area contributed by atoms with Crippen molar-refractivity contribution in [2.75, 3.05) is 12.4 Å². The highest BCUT2D eigenvalue weighted by molar-refractivity contribution is 7.90. The van der Waals surface area contributed by atoms with Crippen molar-refractivity contribution in [3.8, 4) is 0 Å². The van der Waals surface area contributed by atoms with E-state index in [1.165, 1.54) is 0 Å². The molecule has 0 aliphatic rings. The average molecular weight is 249 g/mol. The lowest BCUT2D eigenvalue weighted by Crippen LogP contribution is -2.25. The van der Waals surface area contributed by atoms with Crippen LogP contribution >= 0.6 is 11.6 Å². The van der Waals surface area contributed by atoms with Gasteiger partial charge in [-0.05, 0) is 23.3 Å². The molecule has 0 bridgehead atoms. The Kier molecular flexibility index (Phi) is 5.42. The summed E-state index contributed by atoms with van der Waals surface area (Å²) in [5.74, 6) is 0.466. The van der Waals surface area contributed by atoms with Crippen molar-refractivity contribution in [2.45, 2.75) is 11.9 Å². The maximum atomic E-state index is 11.5. The molecule has 0 aliphatic carbocycles. The summed E-state index contributed by atoms with van der Waals surface area (Å²) >= 11 is 4.55. The summed E-state index contributed by atoms with van der Waals surface area (Å²) in [7, 11) is 0. The third kappa shape index (κ3) is 4.86. The average Bonchev–Trinajstić information content (AvgIpc) is 2.21. The number of halogens is 1. The van der Waals surface area contributed by atoms with E-state index in [1.807, 2.05) is 0 Å². The molecule has 0 saturated carbocycles. The van der Waals surface area contributed by atoms with Crippen LogP contribution in [0.4, 0.5) is 0 Å². The number of benzene rings is 1. The van der Waals surface area contributed by atoms with E-state index in [-0.39, 0.29) is 12.4 Å². The Morgan fingerprint density at radius 3 is 2.47 bits per heavy atom. The van der Waals surface area contributed by atoms with E-state index in [2.05, 4.69) is 0 Å². The van der Waals surface area contributed by atoms with Gasteiger partial charge in [0.05, 0.1) is 6.61 Å². The van der Waals surface area contributed by atoms with Crippen LogP contribution in [-0.2, 0) is 16.9 Å². The van der Waals surface area contributed by atoms with Crippen LogP contribution in [0.3, 0.4) is 0 Å². The molecule has 0 saturated heterocycles. The Morgan fingerprint density at radius 2 is 1.93 bits per heavy atom. The molecule has 2 unspecified atom stereocenters. The van der Waals surface area contributed by atoms with Crippen LogP contribution in [0.1, 0.15) is 5.56 Å². The molecule has 0 aliphatic heterocycles. The monoisotopic (exact) mass is 248 g/mol. The van der Waals surface area contributed by atoms with Crippen molar-refractivity contribution in [2.24, 2.45) is 0 Å². The highest BCUT2D eigenvalue weighted by atomic mass is 35.5. The zero-order valence-corrected chi connectivity index (χ0v) is 9.67. The maximum absolute atomic E-state index is 11.5. The van der Waals surface area contributed by atoms with Crippen LogP contribution < -0.4 is 0 Å². The number of hydrogen-bond donors (Lipinski definition) is 2. The van der Waals surface area contributed by atoms with Gasteiger partial charge in [0.15, 0.2) is 0 Å². The Hall–Kier alpha value is -0.260. The van der Waals surface area contributed by atoms with Crippen LogP contribution in [-0.4, -0.2) is 33.2 Å². The second kappa shape index (κ2) is 6.35. The molecule has 0 heterocycles. The van der Waals surface area contributed by atoms with Gasteiger partial charge in [0, 0.05) is 10.6 Å². The van der Waals surface area contributed by atoms with E-state index >= 15 is 0 Å². The molecular weight excluding hydrogens is 236 g/mol. The molecule has 0 aromatic heterocycles. The Bertz CT molecular complexity index is 291. The van der Waals surface area contributed by atoms with Crippen LogP contribution in [0.25, 0.3) is 0 Å². The van der Waals surface area contributed by atoms with Crippen LogP contribution in [0, 0.1) is 0 Å². The number of aliphatic hydroxyl groups excluding tert-OH is 2. The SMILES string of the molecule is [O-][S+](Cc1ccc(Cl)cc1)CC(O)CO. The molecule has 1 aromatic carbocycles. The largest absolute Gasteiger partial charge is 0.616 e. The summed E-state index contributed by atoms with van der Waals surface area (Å²) in [4.78, 5) is 0.